The second kappa shape index (κ2) is 5.85. The molecule has 0 aliphatic carbocycles. The number of nitrogens with zero attached hydrogens (tertiary/aromatic N) is 1. The maximum absolute atomic E-state index is 10.5. The standard InChI is InChI=1S/C6H12O2.C5H9NO/c1-5(7)4-6(2,3)8;1-6-4-2-3-5(6)7/h8H,4H2,1-3H3;2-4H2,1H3. The third-order valence-electron chi connectivity index (χ3n) is 1.99. The smallest absolute Gasteiger partial charge is 0.222 e. The van der Waals surface area contributed by atoms with Crippen LogP contribution in [0.4, 0.5) is 0 Å². The summed E-state index contributed by atoms with van der Waals surface area (Å²) in [5.74, 6) is 0.317. The molecule has 1 fully saturated rings. The predicted molar refractivity (Wildman–Crippen MR) is 58.5 cm³/mol. The molecule has 1 aliphatic rings. The van der Waals surface area contributed by atoms with Gasteiger partial charge >= 0.3 is 0 Å². The number of Topliss-reactive ketones (excluding diaryl/α,β-unsaturated/α-hetero) is 1. The van der Waals surface area contributed by atoms with Crippen LogP contribution in [0, 0.1) is 0 Å². The van der Waals surface area contributed by atoms with Crippen molar-refractivity contribution in [3.63, 3.8) is 0 Å². The molecule has 0 spiro atoms. The second-order valence-electron chi connectivity index (χ2n) is 4.61. The fourth-order valence-electron chi connectivity index (χ4n) is 1.39. The topological polar surface area (TPSA) is 57.6 Å². The monoisotopic (exact) mass is 215 g/mol. The van der Waals surface area contributed by atoms with Gasteiger partial charge in [0.1, 0.15) is 5.78 Å². The molecule has 4 nitrogen and oxygen atoms in total. The van der Waals surface area contributed by atoms with E-state index in [1.54, 1.807) is 18.7 Å². The zero-order valence-corrected chi connectivity index (χ0v) is 10.0. The van der Waals surface area contributed by atoms with Crippen LogP contribution in [0.3, 0.4) is 0 Å². The fraction of sp³-hybridized carbons (Fsp3) is 0.818. The Morgan fingerprint density at radius 2 is 2.07 bits per heavy atom. The van der Waals surface area contributed by atoms with Crippen LogP contribution in [0.5, 0.6) is 0 Å². The van der Waals surface area contributed by atoms with Crippen LogP contribution in [0.25, 0.3) is 0 Å². The lowest BCUT2D eigenvalue weighted by Gasteiger charge is -2.13. The predicted octanol–water partition coefficient (Wildman–Crippen LogP) is 0.975. The number of carbonyl (C=O) groups is 2. The van der Waals surface area contributed by atoms with E-state index in [1.165, 1.54) is 6.92 Å². The molecule has 0 aromatic carbocycles. The zero-order chi connectivity index (χ0) is 12.1. The van der Waals surface area contributed by atoms with E-state index < -0.39 is 5.60 Å². The summed E-state index contributed by atoms with van der Waals surface area (Å²) in [5.41, 5.74) is -0.828. The quantitative estimate of drug-likeness (QED) is 0.747. The molecular formula is C11H21NO3. The van der Waals surface area contributed by atoms with Gasteiger partial charge in [-0.2, -0.15) is 0 Å². The van der Waals surface area contributed by atoms with Crippen LogP contribution >= 0.6 is 0 Å². The van der Waals surface area contributed by atoms with E-state index in [0.29, 0.717) is 5.91 Å². The average Bonchev–Trinajstić information content (AvgIpc) is 2.31. The van der Waals surface area contributed by atoms with E-state index in [9.17, 15) is 9.59 Å². The summed E-state index contributed by atoms with van der Waals surface area (Å²) in [6, 6.07) is 0. The van der Waals surface area contributed by atoms with Crippen molar-refractivity contribution in [3.8, 4) is 0 Å². The molecule has 1 rings (SSSR count). The largest absolute Gasteiger partial charge is 0.390 e. The molecule has 1 heterocycles. The summed E-state index contributed by atoms with van der Waals surface area (Å²) in [7, 11) is 1.84. The van der Waals surface area contributed by atoms with Crippen LogP contribution in [0.1, 0.15) is 40.0 Å². The van der Waals surface area contributed by atoms with Gasteiger partial charge in [0.05, 0.1) is 5.60 Å². The summed E-state index contributed by atoms with van der Waals surface area (Å²) in [6.07, 6.45) is 2.05. The number of amides is 1. The van der Waals surface area contributed by atoms with Gasteiger partial charge < -0.3 is 10.0 Å². The highest BCUT2D eigenvalue weighted by Gasteiger charge is 2.14. The molecule has 4 heteroatoms. The number of ketones is 1. The Morgan fingerprint density at radius 1 is 1.53 bits per heavy atom. The lowest BCUT2D eigenvalue weighted by Crippen LogP contribution is -2.21. The molecule has 0 saturated carbocycles. The minimum atomic E-state index is -0.828. The van der Waals surface area contributed by atoms with E-state index in [-0.39, 0.29) is 12.2 Å². The number of rotatable bonds is 2. The maximum atomic E-state index is 10.5. The summed E-state index contributed by atoms with van der Waals surface area (Å²) in [6.45, 7) is 5.67. The minimum Gasteiger partial charge on any atom is -0.390 e. The Balaban J connectivity index is 0.000000262. The first kappa shape index (κ1) is 14.1. The van der Waals surface area contributed by atoms with Gasteiger partial charge in [0.15, 0.2) is 0 Å². The Kier molecular flexibility index (Phi) is 5.50. The van der Waals surface area contributed by atoms with Gasteiger partial charge in [0.25, 0.3) is 0 Å². The zero-order valence-electron chi connectivity index (χ0n) is 10.0. The van der Waals surface area contributed by atoms with Crippen LogP contribution in [-0.2, 0) is 9.59 Å². The molecule has 15 heavy (non-hydrogen) atoms. The first-order valence-corrected chi connectivity index (χ1v) is 5.18. The molecule has 1 saturated heterocycles. The van der Waals surface area contributed by atoms with Crippen molar-refractivity contribution in [2.75, 3.05) is 13.6 Å². The van der Waals surface area contributed by atoms with Gasteiger partial charge in [-0.3, -0.25) is 9.59 Å². The van der Waals surface area contributed by atoms with Crippen molar-refractivity contribution >= 4 is 11.7 Å². The summed E-state index contributed by atoms with van der Waals surface area (Å²) >= 11 is 0. The highest BCUT2D eigenvalue weighted by Crippen LogP contribution is 2.06. The van der Waals surface area contributed by atoms with Crippen LogP contribution < -0.4 is 0 Å². The summed E-state index contributed by atoms with van der Waals surface area (Å²) < 4.78 is 0. The molecular weight excluding hydrogens is 194 g/mol. The number of carbonyl (C=O) groups excluding carboxylic acids is 2. The van der Waals surface area contributed by atoms with E-state index in [2.05, 4.69) is 0 Å². The van der Waals surface area contributed by atoms with Crippen LogP contribution in [0.2, 0.25) is 0 Å². The summed E-state index contributed by atoms with van der Waals surface area (Å²) in [5, 5.41) is 8.97. The van der Waals surface area contributed by atoms with E-state index in [4.69, 9.17) is 5.11 Å². The van der Waals surface area contributed by atoms with Crippen molar-refractivity contribution in [1.29, 1.82) is 0 Å². The van der Waals surface area contributed by atoms with Crippen LogP contribution in [0.15, 0.2) is 0 Å². The Hall–Kier alpha value is -0.900. The van der Waals surface area contributed by atoms with Gasteiger partial charge in [0.2, 0.25) is 5.91 Å². The molecule has 88 valence electrons. The second-order valence-corrected chi connectivity index (χ2v) is 4.61. The van der Waals surface area contributed by atoms with Gasteiger partial charge in [0, 0.05) is 26.4 Å². The molecule has 1 N–H and O–H groups in total. The highest BCUT2D eigenvalue weighted by atomic mass is 16.3. The number of aliphatic hydroxyl groups is 1. The summed E-state index contributed by atoms with van der Waals surface area (Å²) in [4.78, 5) is 22.6. The molecule has 0 bridgehead atoms. The van der Waals surface area contributed by atoms with E-state index >= 15 is 0 Å². The maximum Gasteiger partial charge on any atom is 0.222 e. The molecule has 0 atom stereocenters. The van der Waals surface area contributed by atoms with Crippen LogP contribution in [-0.4, -0.2) is 40.9 Å². The highest BCUT2D eigenvalue weighted by molar-refractivity contribution is 5.77. The van der Waals surface area contributed by atoms with Crippen molar-refractivity contribution in [2.45, 2.75) is 45.6 Å². The van der Waals surface area contributed by atoms with Gasteiger partial charge in [-0.15, -0.1) is 0 Å². The van der Waals surface area contributed by atoms with Crippen molar-refractivity contribution in [1.82, 2.24) is 4.90 Å². The average molecular weight is 215 g/mol. The Morgan fingerprint density at radius 3 is 2.13 bits per heavy atom. The van der Waals surface area contributed by atoms with Crippen molar-refractivity contribution < 1.29 is 14.7 Å². The Labute approximate surface area is 91.3 Å². The third kappa shape index (κ3) is 8.12. The number of hydrogen-bond acceptors (Lipinski definition) is 3. The fourth-order valence-corrected chi connectivity index (χ4v) is 1.39. The van der Waals surface area contributed by atoms with Crippen molar-refractivity contribution in [3.05, 3.63) is 0 Å². The SMILES string of the molecule is CC(=O)CC(C)(C)O.CN1CCCC1=O. The molecule has 1 amide bonds. The van der Waals surface area contributed by atoms with E-state index in [1.807, 2.05) is 7.05 Å². The molecule has 0 aromatic heterocycles. The first-order chi connectivity index (χ1) is 6.72. The minimum absolute atomic E-state index is 0.0255. The Bertz CT molecular complexity index is 230. The van der Waals surface area contributed by atoms with E-state index in [0.717, 1.165) is 19.4 Å². The lowest BCUT2D eigenvalue weighted by atomic mass is 10.0. The molecule has 0 unspecified atom stereocenters. The number of hydrogen-bond donors (Lipinski definition) is 1. The lowest BCUT2D eigenvalue weighted by molar-refractivity contribution is -0.126. The van der Waals surface area contributed by atoms with Gasteiger partial charge in [-0.25, -0.2) is 0 Å². The normalized spacial score (nSPS) is 16.1. The van der Waals surface area contributed by atoms with Gasteiger partial charge in [-0.05, 0) is 27.2 Å². The number of likely N-dealkylation sites (tertiary alicyclic amines) is 1. The van der Waals surface area contributed by atoms with Gasteiger partial charge in [-0.1, -0.05) is 0 Å². The molecule has 0 aromatic rings. The third-order valence-corrected chi connectivity index (χ3v) is 1.99. The van der Waals surface area contributed by atoms with Crippen molar-refractivity contribution in [2.24, 2.45) is 0 Å². The molecule has 0 radical (unpaired) electrons. The molecule has 1 aliphatic heterocycles. The first-order valence-electron chi connectivity index (χ1n) is 5.18.